The van der Waals surface area contributed by atoms with E-state index in [9.17, 15) is 0 Å². The predicted molar refractivity (Wildman–Crippen MR) is 267 cm³/mol. The van der Waals surface area contributed by atoms with Crippen LogP contribution in [0.2, 0.25) is 0 Å². The van der Waals surface area contributed by atoms with E-state index in [1.165, 1.54) is 132 Å². The molecule has 2 aliphatic carbocycles. The van der Waals surface area contributed by atoms with Crippen LogP contribution in [0.1, 0.15) is 22.3 Å². The molecule has 0 heterocycles. The lowest BCUT2D eigenvalue weighted by Gasteiger charge is -2.31. The monoisotopic (exact) mass is 794 g/mol. The van der Waals surface area contributed by atoms with Crippen molar-refractivity contribution in [3.05, 3.63) is 253 Å². The topological polar surface area (TPSA) is 0 Å². The molecule has 0 N–H and O–H groups in total. The third kappa shape index (κ3) is 4.70. The van der Waals surface area contributed by atoms with E-state index in [1.807, 2.05) is 0 Å². The van der Waals surface area contributed by atoms with Crippen molar-refractivity contribution >= 4 is 53.9 Å². The maximum absolute atomic E-state index is 2.49. The van der Waals surface area contributed by atoms with Crippen molar-refractivity contribution in [2.45, 2.75) is 5.41 Å². The maximum Gasteiger partial charge on any atom is 0.0731 e. The summed E-state index contributed by atoms with van der Waals surface area (Å²) in [5.41, 5.74) is 17.9. The van der Waals surface area contributed by atoms with E-state index in [0.29, 0.717) is 0 Å². The van der Waals surface area contributed by atoms with E-state index in [0.717, 1.165) is 0 Å². The Morgan fingerprint density at radius 2 is 0.730 bits per heavy atom. The van der Waals surface area contributed by atoms with Gasteiger partial charge >= 0.3 is 0 Å². The van der Waals surface area contributed by atoms with Gasteiger partial charge in [-0.25, -0.2) is 0 Å². The molecule has 0 radical (unpaired) electrons. The Hall–Kier alpha value is -8.06. The first-order chi connectivity index (χ1) is 31.3. The van der Waals surface area contributed by atoms with Crippen LogP contribution in [-0.2, 0) is 5.41 Å². The second-order valence-corrected chi connectivity index (χ2v) is 17.5. The van der Waals surface area contributed by atoms with Gasteiger partial charge in [0.2, 0.25) is 0 Å². The fourth-order valence-corrected chi connectivity index (χ4v) is 11.9. The molecule has 0 nitrogen and oxygen atoms in total. The Morgan fingerprint density at radius 3 is 1.41 bits per heavy atom. The highest BCUT2D eigenvalue weighted by molar-refractivity contribution is 6.22. The summed E-state index contributed by atoms with van der Waals surface area (Å²) in [6.07, 6.45) is 0. The van der Waals surface area contributed by atoms with Gasteiger partial charge in [-0.15, -0.1) is 0 Å². The lowest BCUT2D eigenvalue weighted by atomic mass is 9.69. The first kappa shape index (κ1) is 34.6. The van der Waals surface area contributed by atoms with E-state index < -0.39 is 5.41 Å². The van der Waals surface area contributed by atoms with Crippen LogP contribution in [0.5, 0.6) is 0 Å². The van der Waals surface area contributed by atoms with Crippen molar-refractivity contribution < 1.29 is 0 Å². The van der Waals surface area contributed by atoms with Gasteiger partial charge in [0.15, 0.2) is 0 Å². The van der Waals surface area contributed by atoms with Gasteiger partial charge in [-0.3, -0.25) is 0 Å². The molecule has 0 atom stereocenters. The molecule has 0 bridgehead atoms. The van der Waals surface area contributed by atoms with Crippen LogP contribution in [0.3, 0.4) is 0 Å². The minimum atomic E-state index is -0.440. The van der Waals surface area contributed by atoms with Gasteiger partial charge in [-0.1, -0.05) is 206 Å². The fourth-order valence-electron chi connectivity index (χ4n) is 11.9. The molecule has 0 aliphatic heterocycles. The Morgan fingerprint density at radius 1 is 0.222 bits per heavy atom. The molecule has 63 heavy (non-hydrogen) atoms. The molecule has 0 saturated carbocycles. The van der Waals surface area contributed by atoms with Crippen molar-refractivity contribution in [3.63, 3.8) is 0 Å². The molecule has 0 unspecified atom stereocenters. The lowest BCUT2D eigenvalue weighted by molar-refractivity contribution is 0.802. The summed E-state index contributed by atoms with van der Waals surface area (Å²) >= 11 is 0. The van der Waals surface area contributed by atoms with Gasteiger partial charge in [0, 0.05) is 0 Å². The fraction of sp³-hybridized carbons (Fsp3) is 0.0159. The first-order valence-corrected chi connectivity index (χ1v) is 22.1. The zero-order valence-corrected chi connectivity index (χ0v) is 34.4. The Kier molecular flexibility index (Phi) is 7.13. The van der Waals surface area contributed by atoms with Crippen LogP contribution in [-0.4, -0.2) is 0 Å². The van der Waals surface area contributed by atoms with Gasteiger partial charge in [-0.2, -0.15) is 0 Å². The van der Waals surface area contributed by atoms with Crippen LogP contribution < -0.4 is 0 Å². The van der Waals surface area contributed by atoms with E-state index in [-0.39, 0.29) is 0 Å². The lowest BCUT2D eigenvalue weighted by Crippen LogP contribution is -2.26. The van der Waals surface area contributed by atoms with Gasteiger partial charge in [0.1, 0.15) is 0 Å². The summed E-state index contributed by atoms with van der Waals surface area (Å²) in [5.74, 6) is 0. The van der Waals surface area contributed by atoms with Crippen LogP contribution in [0.15, 0.2) is 231 Å². The molecule has 12 aromatic carbocycles. The van der Waals surface area contributed by atoms with Crippen LogP contribution in [0.25, 0.3) is 109 Å². The smallest absolute Gasteiger partial charge is 0.0619 e. The molecule has 290 valence electrons. The largest absolute Gasteiger partial charge is 0.0731 e. The Labute approximate surface area is 366 Å². The highest BCUT2D eigenvalue weighted by Crippen LogP contribution is 2.64. The third-order valence-corrected chi connectivity index (χ3v) is 14.4. The summed E-state index contributed by atoms with van der Waals surface area (Å²) < 4.78 is 0. The Bertz CT molecular complexity index is 3810. The van der Waals surface area contributed by atoms with Crippen molar-refractivity contribution in [2.24, 2.45) is 0 Å². The molecule has 2 aliphatic rings. The molecule has 0 amide bonds. The van der Waals surface area contributed by atoms with Gasteiger partial charge in [-0.05, 0) is 156 Å². The SMILES string of the molecule is c1cc(-c2cccc3ccccc23)cc(-c2c3ccccc3c(-c3ccc4c5c(ccc4c3)-c3cc4ccccc4cc3C53c4ccccc4-c4ccccc43)c3ccccc23)c1. The van der Waals surface area contributed by atoms with Crippen molar-refractivity contribution in [1.82, 2.24) is 0 Å². The molecule has 12 aromatic rings. The highest BCUT2D eigenvalue weighted by atomic mass is 14.5. The zero-order chi connectivity index (χ0) is 41.2. The molecular formula is C63H38. The molecule has 1 spiro atoms. The number of fused-ring (bicyclic) bond motifs is 16. The normalized spacial score (nSPS) is 13.2. The van der Waals surface area contributed by atoms with Gasteiger partial charge in [0.25, 0.3) is 0 Å². The number of hydrogen-bond donors (Lipinski definition) is 0. The minimum absolute atomic E-state index is 0.440. The molecule has 0 aromatic heterocycles. The average molecular weight is 795 g/mol. The second kappa shape index (κ2) is 13.0. The second-order valence-electron chi connectivity index (χ2n) is 17.5. The van der Waals surface area contributed by atoms with Crippen molar-refractivity contribution in [1.29, 1.82) is 0 Å². The zero-order valence-electron chi connectivity index (χ0n) is 34.4. The van der Waals surface area contributed by atoms with Crippen molar-refractivity contribution in [3.8, 4) is 55.6 Å². The quantitative estimate of drug-likeness (QED) is 0.156. The third-order valence-electron chi connectivity index (χ3n) is 14.4. The summed E-state index contributed by atoms with van der Waals surface area (Å²) in [6.45, 7) is 0. The van der Waals surface area contributed by atoms with Crippen LogP contribution >= 0.6 is 0 Å². The highest BCUT2D eigenvalue weighted by Gasteiger charge is 2.52. The van der Waals surface area contributed by atoms with E-state index >= 15 is 0 Å². The summed E-state index contributed by atoms with van der Waals surface area (Å²) in [5, 5.41) is 12.7. The number of hydrogen-bond acceptors (Lipinski definition) is 0. The van der Waals surface area contributed by atoms with Gasteiger partial charge in [0.05, 0.1) is 5.41 Å². The molecule has 14 rings (SSSR count). The first-order valence-electron chi connectivity index (χ1n) is 22.1. The predicted octanol–water partition coefficient (Wildman–Crippen LogP) is 16.8. The van der Waals surface area contributed by atoms with Gasteiger partial charge < -0.3 is 0 Å². The van der Waals surface area contributed by atoms with E-state index in [2.05, 4.69) is 231 Å². The van der Waals surface area contributed by atoms with E-state index in [4.69, 9.17) is 0 Å². The number of benzene rings is 12. The summed E-state index contributed by atoms with van der Waals surface area (Å²) in [4.78, 5) is 0. The van der Waals surface area contributed by atoms with E-state index in [1.54, 1.807) is 0 Å². The molecule has 0 fully saturated rings. The minimum Gasteiger partial charge on any atom is -0.0619 e. The Balaban J connectivity index is 1.01. The van der Waals surface area contributed by atoms with Crippen LogP contribution in [0.4, 0.5) is 0 Å². The maximum atomic E-state index is 2.49. The number of rotatable bonds is 3. The molecule has 0 saturated heterocycles. The summed E-state index contributed by atoms with van der Waals surface area (Å²) in [6, 6.07) is 86.7. The van der Waals surface area contributed by atoms with Crippen LogP contribution in [0, 0.1) is 0 Å². The standard InChI is InChI=1S/C63H38/c1-2-17-41-38-59-56(37-40(41)16-1)55-34-31-43-36-45(32-33-48(43)62(55)63(59)57-29-11-9-22-49(57)50-23-10-12-30-58(50)63)61-53-26-7-5-24-51(53)60(52-25-6-8-27-54(52)61)44-20-13-19-42(35-44)47-28-14-18-39-15-3-4-21-46(39)47/h1-38H. The van der Waals surface area contributed by atoms with Crippen molar-refractivity contribution in [2.75, 3.05) is 0 Å². The molecule has 0 heteroatoms. The molecular weight excluding hydrogens is 757 g/mol. The average Bonchev–Trinajstić information content (AvgIpc) is 3.81. The summed E-state index contributed by atoms with van der Waals surface area (Å²) in [7, 11) is 0.